The lowest BCUT2D eigenvalue weighted by Crippen LogP contribution is -2.02. The van der Waals surface area contributed by atoms with E-state index in [1.54, 1.807) is 0 Å². The summed E-state index contributed by atoms with van der Waals surface area (Å²) in [5.74, 6) is 0.359. The van der Waals surface area contributed by atoms with E-state index in [9.17, 15) is 4.79 Å². The standard InChI is InChI=1S/C5H9ClO2.CHClO3/c1-4(2)3-8-5(6)7;2-5-1(3)4/h4H,3H2,1-2H3;(H,3,4). The van der Waals surface area contributed by atoms with E-state index in [0.717, 1.165) is 0 Å². The van der Waals surface area contributed by atoms with Crippen molar-refractivity contribution in [2.45, 2.75) is 13.8 Å². The SMILES string of the molecule is CC(C)COC(=O)Cl.O=C(O)OCl. The first-order valence-electron chi connectivity index (χ1n) is 3.24. The highest BCUT2D eigenvalue weighted by Gasteiger charge is 1.96. The van der Waals surface area contributed by atoms with Gasteiger partial charge in [-0.15, -0.1) is 0 Å². The van der Waals surface area contributed by atoms with Gasteiger partial charge >= 0.3 is 11.6 Å². The molecular formula is C6H10Cl2O5. The van der Waals surface area contributed by atoms with Crippen molar-refractivity contribution in [3.05, 3.63) is 0 Å². The monoisotopic (exact) mass is 232 g/mol. The zero-order chi connectivity index (χ0) is 10.9. The van der Waals surface area contributed by atoms with Gasteiger partial charge in [-0.3, -0.25) is 0 Å². The van der Waals surface area contributed by atoms with E-state index in [1.165, 1.54) is 0 Å². The lowest BCUT2D eigenvalue weighted by atomic mass is 10.2. The van der Waals surface area contributed by atoms with Crippen molar-refractivity contribution >= 4 is 35.1 Å². The molecule has 0 amide bonds. The Morgan fingerprint density at radius 1 is 1.46 bits per heavy atom. The third kappa shape index (κ3) is 24.6. The molecule has 0 aliphatic heterocycles. The minimum atomic E-state index is -1.48. The van der Waals surface area contributed by atoms with Crippen molar-refractivity contribution in [3.8, 4) is 0 Å². The minimum Gasteiger partial charge on any atom is -0.453 e. The fourth-order valence-electron chi connectivity index (χ4n) is 0.232. The molecule has 0 fully saturated rings. The fourth-order valence-corrected chi connectivity index (χ4v) is 0.295. The summed E-state index contributed by atoms with van der Waals surface area (Å²) < 4.78 is 7.57. The quantitative estimate of drug-likeness (QED) is 0.742. The number of carbonyl (C=O) groups excluding carboxylic acids is 1. The van der Waals surface area contributed by atoms with Gasteiger partial charge in [-0.05, 0) is 5.92 Å². The van der Waals surface area contributed by atoms with Crippen molar-refractivity contribution in [2.75, 3.05) is 6.61 Å². The third-order valence-corrected chi connectivity index (χ3v) is 0.837. The Morgan fingerprint density at radius 3 is 1.92 bits per heavy atom. The Hall–Kier alpha value is -0.680. The maximum atomic E-state index is 9.89. The number of rotatable bonds is 2. The normalized spacial score (nSPS) is 8.38. The maximum absolute atomic E-state index is 9.89. The largest absolute Gasteiger partial charge is 0.524 e. The highest BCUT2D eigenvalue weighted by atomic mass is 35.5. The predicted octanol–water partition coefficient (Wildman–Crippen LogP) is 2.85. The molecule has 0 aromatic rings. The fraction of sp³-hybridized carbons (Fsp3) is 0.667. The topological polar surface area (TPSA) is 72.8 Å². The molecule has 0 atom stereocenters. The van der Waals surface area contributed by atoms with Crippen LogP contribution in [-0.4, -0.2) is 23.3 Å². The average Bonchev–Trinajstić information content (AvgIpc) is 2.02. The van der Waals surface area contributed by atoms with Crippen molar-refractivity contribution in [3.63, 3.8) is 0 Å². The van der Waals surface area contributed by atoms with E-state index in [0.29, 0.717) is 12.5 Å². The van der Waals surface area contributed by atoms with Gasteiger partial charge in [0.25, 0.3) is 0 Å². The molecule has 0 aromatic carbocycles. The Balaban J connectivity index is 0. The molecule has 5 nitrogen and oxygen atoms in total. The third-order valence-electron chi connectivity index (χ3n) is 0.596. The zero-order valence-corrected chi connectivity index (χ0v) is 8.63. The molecule has 1 N–H and O–H groups in total. The van der Waals surface area contributed by atoms with Gasteiger partial charge in [-0.25, -0.2) is 9.59 Å². The second kappa shape index (κ2) is 9.41. The van der Waals surface area contributed by atoms with E-state index in [4.69, 9.17) is 21.5 Å². The van der Waals surface area contributed by atoms with Gasteiger partial charge in [-0.1, -0.05) is 13.8 Å². The van der Waals surface area contributed by atoms with Crippen LogP contribution in [0.3, 0.4) is 0 Å². The number of hydrogen-bond donors (Lipinski definition) is 1. The summed E-state index contributed by atoms with van der Waals surface area (Å²) in [4.78, 5) is 18.9. The van der Waals surface area contributed by atoms with Gasteiger partial charge in [0, 0.05) is 11.6 Å². The Kier molecular flexibility index (Phi) is 10.7. The van der Waals surface area contributed by atoms with Crippen LogP contribution >= 0.6 is 23.5 Å². The van der Waals surface area contributed by atoms with Crippen LogP contribution in [0.4, 0.5) is 9.59 Å². The van der Waals surface area contributed by atoms with E-state index >= 15 is 0 Å². The number of hydrogen-bond acceptors (Lipinski definition) is 4. The Morgan fingerprint density at radius 2 is 1.85 bits per heavy atom. The molecule has 13 heavy (non-hydrogen) atoms. The molecule has 78 valence electrons. The summed E-state index contributed by atoms with van der Waals surface area (Å²) in [7, 11) is 0. The average molecular weight is 233 g/mol. The lowest BCUT2D eigenvalue weighted by molar-refractivity contribution is 0.149. The molecule has 0 radical (unpaired) electrons. The number of ether oxygens (including phenoxy) is 1. The van der Waals surface area contributed by atoms with Crippen molar-refractivity contribution < 1.29 is 23.7 Å². The lowest BCUT2D eigenvalue weighted by Gasteiger charge is -2.00. The molecule has 0 unspecified atom stereocenters. The van der Waals surface area contributed by atoms with Crippen LogP contribution < -0.4 is 0 Å². The summed E-state index contributed by atoms with van der Waals surface area (Å²) in [6.07, 6.45) is -1.48. The number of halogens is 2. The van der Waals surface area contributed by atoms with Crippen molar-refractivity contribution in [1.29, 1.82) is 0 Å². The van der Waals surface area contributed by atoms with E-state index in [1.807, 2.05) is 13.8 Å². The molecule has 0 rings (SSSR count). The van der Waals surface area contributed by atoms with Gasteiger partial charge in [0.05, 0.1) is 6.61 Å². The molecule has 7 heteroatoms. The smallest absolute Gasteiger partial charge is 0.453 e. The maximum Gasteiger partial charge on any atom is 0.524 e. The van der Waals surface area contributed by atoms with Crippen LogP contribution in [0, 0.1) is 5.92 Å². The van der Waals surface area contributed by atoms with Crippen LogP contribution in [0.5, 0.6) is 0 Å². The van der Waals surface area contributed by atoms with Gasteiger partial charge in [-0.2, -0.15) is 0 Å². The first kappa shape index (κ1) is 14.8. The first-order chi connectivity index (χ1) is 5.90. The van der Waals surface area contributed by atoms with Crippen LogP contribution in [0.1, 0.15) is 13.8 Å². The molecule has 0 aliphatic carbocycles. The first-order valence-corrected chi connectivity index (χ1v) is 3.92. The molecule has 0 bridgehead atoms. The minimum absolute atomic E-state index is 0.359. The van der Waals surface area contributed by atoms with E-state index < -0.39 is 11.6 Å². The summed E-state index contributed by atoms with van der Waals surface area (Å²) in [5, 5.41) is 7.37. The second-order valence-electron chi connectivity index (χ2n) is 2.29. The number of carbonyl (C=O) groups is 2. The molecule has 0 saturated carbocycles. The van der Waals surface area contributed by atoms with Crippen LogP contribution in [0.2, 0.25) is 0 Å². The van der Waals surface area contributed by atoms with Crippen LogP contribution in [0.25, 0.3) is 0 Å². The van der Waals surface area contributed by atoms with Crippen molar-refractivity contribution in [1.82, 2.24) is 0 Å². The molecule has 0 heterocycles. The van der Waals surface area contributed by atoms with Gasteiger partial charge in [0.1, 0.15) is 11.9 Å². The molecule has 0 saturated heterocycles. The van der Waals surface area contributed by atoms with Crippen LogP contribution in [-0.2, 0) is 9.03 Å². The van der Waals surface area contributed by atoms with Gasteiger partial charge in [0.15, 0.2) is 0 Å². The molecule has 0 aliphatic rings. The molecule has 0 aromatic heterocycles. The summed E-state index contributed by atoms with van der Waals surface area (Å²) in [6.45, 7) is 4.29. The second-order valence-corrected chi connectivity index (χ2v) is 2.75. The summed E-state index contributed by atoms with van der Waals surface area (Å²) >= 11 is 9.10. The Labute approximate surface area is 85.7 Å². The summed E-state index contributed by atoms with van der Waals surface area (Å²) in [5.41, 5.74) is -0.723. The Bertz CT molecular complexity index is 159. The zero-order valence-electron chi connectivity index (χ0n) is 7.12. The van der Waals surface area contributed by atoms with Crippen LogP contribution in [0.15, 0.2) is 0 Å². The van der Waals surface area contributed by atoms with Gasteiger partial charge in [0.2, 0.25) is 0 Å². The van der Waals surface area contributed by atoms with E-state index in [2.05, 4.69) is 20.9 Å². The predicted molar refractivity (Wildman–Crippen MR) is 47.0 cm³/mol. The number of carboxylic acid groups (broad SMARTS) is 1. The van der Waals surface area contributed by atoms with Crippen molar-refractivity contribution in [2.24, 2.45) is 5.92 Å². The molecule has 0 spiro atoms. The highest BCUT2D eigenvalue weighted by molar-refractivity contribution is 6.61. The van der Waals surface area contributed by atoms with E-state index in [-0.39, 0.29) is 0 Å². The molecular weight excluding hydrogens is 223 g/mol. The van der Waals surface area contributed by atoms with Gasteiger partial charge < -0.3 is 14.1 Å². The summed E-state index contributed by atoms with van der Waals surface area (Å²) in [6, 6.07) is 0. The highest BCUT2D eigenvalue weighted by Crippen LogP contribution is 1.94.